The SMILES string of the molecule is CO[C@@H]1/C=C/C=C(\C)Cc2cc(NC(C)=O)cc(c2)N(C)C(=O)C[C@H](OC(=O)C(C)C)/C(C)=C/[C@H](C)[C@@H]2C[C@@]1(O)NC(=O)O2. The predicted molar refractivity (Wildman–Crippen MR) is 167 cm³/mol. The molecule has 2 aliphatic rings. The molecule has 0 unspecified atom stereocenters. The molecule has 3 amide bonds. The maximum Gasteiger partial charge on any atom is 0.409 e. The summed E-state index contributed by atoms with van der Waals surface area (Å²) in [4.78, 5) is 52.3. The number of esters is 1. The van der Waals surface area contributed by atoms with Crippen LogP contribution in [-0.2, 0) is 35.0 Å². The van der Waals surface area contributed by atoms with Crippen LogP contribution >= 0.6 is 0 Å². The summed E-state index contributed by atoms with van der Waals surface area (Å²) >= 11 is 0. The molecule has 5 atom stereocenters. The molecule has 11 heteroatoms. The van der Waals surface area contributed by atoms with Crippen LogP contribution in [0.5, 0.6) is 0 Å². The molecule has 240 valence electrons. The van der Waals surface area contributed by atoms with Gasteiger partial charge in [-0.1, -0.05) is 50.6 Å². The Morgan fingerprint density at radius 3 is 2.55 bits per heavy atom. The topological polar surface area (TPSA) is 144 Å². The number of aliphatic hydroxyl groups is 1. The number of amides is 3. The summed E-state index contributed by atoms with van der Waals surface area (Å²) < 4.78 is 16.9. The van der Waals surface area contributed by atoms with Crippen LogP contribution in [0.4, 0.5) is 16.2 Å². The zero-order valence-electron chi connectivity index (χ0n) is 26.8. The van der Waals surface area contributed by atoms with Gasteiger partial charge >= 0.3 is 12.1 Å². The summed E-state index contributed by atoms with van der Waals surface area (Å²) in [5.74, 6) is -1.85. The number of nitrogens with one attached hydrogen (secondary N) is 2. The Morgan fingerprint density at radius 1 is 1.20 bits per heavy atom. The maximum absolute atomic E-state index is 13.6. The molecule has 1 aromatic rings. The van der Waals surface area contributed by atoms with E-state index in [0.717, 1.165) is 11.1 Å². The van der Waals surface area contributed by atoms with E-state index < -0.39 is 47.9 Å². The monoisotopic (exact) mass is 611 g/mol. The summed E-state index contributed by atoms with van der Waals surface area (Å²) in [5, 5.41) is 16.8. The second-order valence-corrected chi connectivity index (χ2v) is 12.0. The van der Waals surface area contributed by atoms with Crippen LogP contribution in [0.2, 0.25) is 0 Å². The van der Waals surface area contributed by atoms with Crippen molar-refractivity contribution in [3.8, 4) is 0 Å². The number of allylic oxidation sites excluding steroid dienone is 3. The molecule has 0 saturated carbocycles. The number of carbonyl (C=O) groups is 4. The molecule has 1 fully saturated rings. The van der Waals surface area contributed by atoms with Gasteiger partial charge in [-0.05, 0) is 49.6 Å². The van der Waals surface area contributed by atoms with Gasteiger partial charge < -0.3 is 29.5 Å². The van der Waals surface area contributed by atoms with Gasteiger partial charge in [0, 0.05) is 44.8 Å². The highest BCUT2D eigenvalue weighted by Gasteiger charge is 2.46. The Bertz CT molecular complexity index is 1350. The molecule has 11 nitrogen and oxygen atoms in total. The fourth-order valence-electron chi connectivity index (χ4n) is 5.24. The minimum atomic E-state index is -1.75. The highest BCUT2D eigenvalue weighted by molar-refractivity contribution is 5.95. The van der Waals surface area contributed by atoms with Crippen molar-refractivity contribution in [2.24, 2.45) is 11.8 Å². The van der Waals surface area contributed by atoms with E-state index in [9.17, 15) is 24.3 Å². The molecular formula is C33H45N3O8. The quantitative estimate of drug-likeness (QED) is 0.336. The number of alkyl carbamates (subject to hydrolysis) is 1. The van der Waals surface area contributed by atoms with Crippen LogP contribution in [0.1, 0.15) is 59.9 Å². The molecule has 0 aromatic heterocycles. The predicted octanol–water partition coefficient (Wildman–Crippen LogP) is 4.41. The summed E-state index contributed by atoms with van der Waals surface area (Å²) in [6.07, 6.45) is 4.15. The van der Waals surface area contributed by atoms with Gasteiger partial charge in [-0.25, -0.2) is 4.79 Å². The zero-order valence-corrected chi connectivity index (χ0v) is 26.8. The van der Waals surface area contributed by atoms with Crippen molar-refractivity contribution in [2.45, 2.75) is 84.8 Å². The molecular weight excluding hydrogens is 566 g/mol. The summed E-state index contributed by atoms with van der Waals surface area (Å²) in [7, 11) is 3.08. The van der Waals surface area contributed by atoms with Gasteiger partial charge in [0.25, 0.3) is 0 Å². The summed E-state index contributed by atoms with van der Waals surface area (Å²) in [6, 6.07) is 5.43. The van der Waals surface area contributed by atoms with Crippen molar-refractivity contribution in [1.29, 1.82) is 0 Å². The number of anilines is 2. The highest BCUT2D eigenvalue weighted by atomic mass is 16.6. The Balaban J connectivity index is 2.13. The van der Waals surface area contributed by atoms with Crippen LogP contribution in [-0.4, -0.2) is 67.2 Å². The lowest BCUT2D eigenvalue weighted by atomic mass is 9.89. The van der Waals surface area contributed by atoms with Crippen LogP contribution in [0, 0.1) is 11.8 Å². The number of nitrogens with zero attached hydrogens (tertiary/aromatic N) is 1. The lowest BCUT2D eigenvalue weighted by Gasteiger charge is -2.41. The van der Waals surface area contributed by atoms with E-state index in [1.165, 1.54) is 18.9 Å². The van der Waals surface area contributed by atoms with Gasteiger partial charge in [0.2, 0.25) is 11.8 Å². The second kappa shape index (κ2) is 14.7. The van der Waals surface area contributed by atoms with Gasteiger partial charge in [0.05, 0.1) is 12.3 Å². The Hall–Kier alpha value is -3.96. The van der Waals surface area contributed by atoms with Crippen molar-refractivity contribution in [3.05, 3.63) is 59.2 Å². The first-order valence-corrected chi connectivity index (χ1v) is 14.8. The average molecular weight is 612 g/mol. The third-order valence-corrected chi connectivity index (χ3v) is 7.73. The first-order valence-electron chi connectivity index (χ1n) is 14.8. The standard InChI is InChI=1S/C33H45N3O8/c1-19(2)31(39)43-27-17-30(38)36(7)26-15-24(14-25(16-26)34-23(6)37)12-20(3)10-9-11-29(42-8)33(41)18-28(44-32(40)35-33)22(5)13-21(27)4/h9-11,13-16,19,22,27-29,41H,12,17-18H2,1-8H3,(H,34,37)(H,35,40)/b11-9+,20-10+,21-13+/t22-,27-,28-,29+,33-/m0/s1. The molecule has 0 aliphatic carbocycles. The molecule has 2 heterocycles. The van der Waals surface area contributed by atoms with Gasteiger partial charge in [0.1, 0.15) is 18.3 Å². The molecule has 2 aliphatic heterocycles. The first kappa shape index (κ1) is 34.5. The fraction of sp³-hybridized carbons (Fsp3) is 0.515. The summed E-state index contributed by atoms with van der Waals surface area (Å²) in [5.41, 5.74) is 1.74. The van der Waals surface area contributed by atoms with Crippen molar-refractivity contribution in [3.63, 3.8) is 0 Å². The van der Waals surface area contributed by atoms with Crippen LogP contribution in [0.15, 0.2) is 53.6 Å². The lowest BCUT2D eigenvalue weighted by molar-refractivity contribution is -0.152. The number of fused-ring (bicyclic) bond motifs is 4. The van der Waals surface area contributed by atoms with E-state index in [1.54, 1.807) is 52.1 Å². The van der Waals surface area contributed by atoms with Gasteiger partial charge in [0.15, 0.2) is 5.72 Å². The molecule has 1 aromatic carbocycles. The van der Waals surface area contributed by atoms with E-state index >= 15 is 0 Å². The molecule has 3 N–H and O–H groups in total. The number of carbonyl (C=O) groups excluding carboxylic acids is 4. The van der Waals surface area contributed by atoms with E-state index in [2.05, 4.69) is 10.6 Å². The second-order valence-electron chi connectivity index (χ2n) is 12.0. The van der Waals surface area contributed by atoms with Crippen molar-refractivity contribution >= 4 is 35.3 Å². The average Bonchev–Trinajstić information content (AvgIpc) is 2.92. The van der Waals surface area contributed by atoms with E-state index in [4.69, 9.17) is 14.2 Å². The van der Waals surface area contributed by atoms with Gasteiger partial charge in [-0.3, -0.25) is 19.7 Å². The van der Waals surface area contributed by atoms with Crippen molar-refractivity contribution in [2.75, 3.05) is 24.4 Å². The third kappa shape index (κ3) is 9.03. The van der Waals surface area contributed by atoms with Gasteiger partial charge in [-0.2, -0.15) is 0 Å². The molecule has 44 heavy (non-hydrogen) atoms. The molecule has 0 radical (unpaired) electrons. The maximum atomic E-state index is 13.6. The Kier molecular flexibility index (Phi) is 11.5. The first-order chi connectivity index (χ1) is 20.6. The van der Waals surface area contributed by atoms with E-state index in [1.807, 2.05) is 32.1 Å². The lowest BCUT2D eigenvalue weighted by Crippen LogP contribution is -2.63. The normalized spacial score (nSPS) is 29.8. The van der Waals surface area contributed by atoms with Crippen LogP contribution in [0.25, 0.3) is 0 Å². The van der Waals surface area contributed by atoms with Crippen LogP contribution in [0.3, 0.4) is 0 Å². The zero-order chi connectivity index (χ0) is 32.8. The number of rotatable bonds is 4. The highest BCUT2D eigenvalue weighted by Crippen LogP contribution is 2.31. The number of ether oxygens (including phenoxy) is 3. The Morgan fingerprint density at radius 2 is 1.91 bits per heavy atom. The molecule has 3 rings (SSSR count). The van der Waals surface area contributed by atoms with E-state index in [0.29, 0.717) is 23.4 Å². The van der Waals surface area contributed by atoms with Gasteiger partial charge in [-0.15, -0.1) is 0 Å². The minimum absolute atomic E-state index is 0.0190. The smallest absolute Gasteiger partial charge is 0.409 e. The Labute approximate surface area is 259 Å². The number of hydrogen-bond acceptors (Lipinski definition) is 8. The number of hydrogen-bond donors (Lipinski definition) is 3. The largest absolute Gasteiger partial charge is 0.457 e. The number of benzene rings is 1. The molecule has 4 bridgehead atoms. The molecule has 0 spiro atoms. The molecule has 1 saturated heterocycles. The third-order valence-electron chi connectivity index (χ3n) is 7.73. The van der Waals surface area contributed by atoms with E-state index in [-0.39, 0.29) is 24.7 Å². The number of methoxy groups -OCH3 is 1. The minimum Gasteiger partial charge on any atom is -0.457 e. The summed E-state index contributed by atoms with van der Waals surface area (Å²) in [6.45, 7) is 10.3. The van der Waals surface area contributed by atoms with Crippen LogP contribution < -0.4 is 15.5 Å². The van der Waals surface area contributed by atoms with Crippen molar-refractivity contribution < 1.29 is 38.5 Å². The van der Waals surface area contributed by atoms with Crippen molar-refractivity contribution in [1.82, 2.24) is 5.32 Å². The fourth-order valence-corrected chi connectivity index (χ4v) is 5.24.